The van der Waals surface area contributed by atoms with Crippen LogP contribution < -0.4 is 15.5 Å². The lowest BCUT2D eigenvalue weighted by Crippen LogP contribution is -2.76. The fraction of sp³-hybridized carbons (Fsp3) is 0.387. The first kappa shape index (κ1) is 32.6. The standard InChI is InChI=1S/C31H38N2O8S/c1-5-33(6-2)22-14-15-24-26(20-22)41-30(37)25(29(24)36)16-17-27(32-18-9-7-8-13-28(34)35)31(3,4)21-11-10-12-23(19-21)42(38,39)40/h10-12,14-17,19-20,36H,5-9,13,18H2,1-4H3,(H,34,35)(H,38,39,40)/b17-16+,32-27?. The quantitative estimate of drug-likeness (QED) is 0.109. The fourth-order valence-electron chi connectivity index (χ4n) is 4.77. The van der Waals surface area contributed by atoms with Crippen LogP contribution in [0.15, 0.2) is 62.6 Å². The van der Waals surface area contributed by atoms with Gasteiger partial charge in [-0.25, -0.2) is 18.2 Å². The molecule has 11 heteroatoms. The van der Waals surface area contributed by atoms with Gasteiger partial charge in [-0.15, -0.1) is 0 Å². The van der Waals surface area contributed by atoms with E-state index >= 15 is 0 Å². The number of unbranched alkanes of at least 4 members (excludes halogenated alkanes) is 2. The van der Waals surface area contributed by atoms with Crippen LogP contribution in [0.5, 0.6) is 5.75 Å². The molecule has 0 aliphatic heterocycles. The molecule has 0 spiro atoms. The van der Waals surface area contributed by atoms with Gasteiger partial charge in [0, 0.05) is 43.8 Å². The number of rotatable bonds is 14. The molecule has 226 valence electrons. The van der Waals surface area contributed by atoms with E-state index in [0.717, 1.165) is 18.8 Å². The summed E-state index contributed by atoms with van der Waals surface area (Å²) >= 11 is 0. The molecule has 10 nitrogen and oxygen atoms in total. The Hall–Kier alpha value is -3.96. The Balaban J connectivity index is 2.03. The molecule has 1 aromatic heterocycles. The van der Waals surface area contributed by atoms with Crippen molar-refractivity contribution in [2.45, 2.75) is 63.7 Å². The van der Waals surface area contributed by atoms with Crippen LogP contribution >= 0.6 is 0 Å². The van der Waals surface area contributed by atoms with E-state index in [1.165, 1.54) is 24.3 Å². The average molecular weight is 599 g/mol. The Kier molecular flexibility index (Phi) is 10.7. The summed E-state index contributed by atoms with van der Waals surface area (Å²) in [6.45, 7) is 9.70. The molecule has 0 saturated carbocycles. The molecule has 0 atom stereocenters. The molecule has 0 aliphatic rings. The number of aliphatic carboxylic acids is 1. The van der Waals surface area contributed by atoms with E-state index in [1.54, 1.807) is 24.3 Å². The van der Waals surface area contributed by atoms with E-state index in [-0.39, 0.29) is 28.2 Å². The summed E-state index contributed by atoms with van der Waals surface area (Å²) in [6, 6.07) is 11.0. The smallest absolute Gasteiger partial charge is 0.347 e. The summed E-state index contributed by atoms with van der Waals surface area (Å²) in [6.07, 6.45) is 5.00. The SMILES string of the molecule is CCN(CC)c1ccc2c(O)c(/C=C/C(=[NH+]CCCCCC(=O)O)C(C)(C)c3cccc(S(=O)(=O)[O-])c3)c(=O)oc2c1. The largest absolute Gasteiger partial charge is 0.744 e. The van der Waals surface area contributed by atoms with Crippen molar-refractivity contribution in [1.29, 1.82) is 0 Å². The van der Waals surface area contributed by atoms with Gasteiger partial charge in [0.1, 0.15) is 33.6 Å². The summed E-state index contributed by atoms with van der Waals surface area (Å²) in [5, 5.41) is 20.3. The van der Waals surface area contributed by atoms with Crippen LogP contribution in [0.25, 0.3) is 17.0 Å². The summed E-state index contributed by atoms with van der Waals surface area (Å²) in [5.74, 6) is -1.08. The number of carbonyl (C=O) groups is 1. The van der Waals surface area contributed by atoms with Crippen molar-refractivity contribution in [2.24, 2.45) is 0 Å². The highest BCUT2D eigenvalue weighted by Crippen LogP contribution is 2.31. The summed E-state index contributed by atoms with van der Waals surface area (Å²) in [5.41, 5.74) is 0.616. The molecule has 0 aliphatic carbocycles. The average Bonchev–Trinajstić information content (AvgIpc) is 2.93. The molecule has 0 bridgehead atoms. The second-order valence-corrected chi connectivity index (χ2v) is 11.9. The van der Waals surface area contributed by atoms with Gasteiger partial charge in [0.25, 0.3) is 0 Å². The van der Waals surface area contributed by atoms with E-state index in [2.05, 4.69) is 9.89 Å². The number of hydrogen-bond donors (Lipinski definition) is 3. The Morgan fingerprint density at radius 1 is 1.10 bits per heavy atom. The van der Waals surface area contributed by atoms with E-state index < -0.39 is 27.1 Å². The maximum Gasteiger partial charge on any atom is 0.347 e. The van der Waals surface area contributed by atoms with Gasteiger partial charge in [-0.2, -0.15) is 0 Å². The fourth-order valence-corrected chi connectivity index (χ4v) is 5.29. The molecular weight excluding hydrogens is 560 g/mol. The van der Waals surface area contributed by atoms with Gasteiger partial charge in [0.2, 0.25) is 0 Å². The van der Waals surface area contributed by atoms with Gasteiger partial charge >= 0.3 is 11.6 Å². The van der Waals surface area contributed by atoms with Gasteiger partial charge in [0.15, 0.2) is 5.71 Å². The number of carboxylic acids is 1. The van der Waals surface area contributed by atoms with Crippen molar-refractivity contribution in [1.82, 2.24) is 0 Å². The van der Waals surface area contributed by atoms with E-state index in [0.29, 0.717) is 42.5 Å². The molecule has 3 rings (SSSR count). The zero-order valence-electron chi connectivity index (χ0n) is 24.3. The van der Waals surface area contributed by atoms with Crippen molar-refractivity contribution in [2.75, 3.05) is 24.5 Å². The van der Waals surface area contributed by atoms with Crippen LogP contribution in [0.4, 0.5) is 5.69 Å². The molecular formula is C31H38N2O8S. The van der Waals surface area contributed by atoms with Crippen molar-refractivity contribution in [3.8, 4) is 5.75 Å². The van der Waals surface area contributed by atoms with Crippen molar-refractivity contribution < 1.29 is 37.4 Å². The molecule has 3 N–H and O–H groups in total. The van der Waals surface area contributed by atoms with Crippen molar-refractivity contribution >= 4 is 44.5 Å². The predicted octanol–water partition coefficient (Wildman–Crippen LogP) is 3.41. The summed E-state index contributed by atoms with van der Waals surface area (Å²) in [7, 11) is -4.68. The highest BCUT2D eigenvalue weighted by molar-refractivity contribution is 7.85. The summed E-state index contributed by atoms with van der Waals surface area (Å²) < 4.78 is 40.6. The molecule has 0 radical (unpaired) electrons. The third-order valence-corrected chi connectivity index (χ3v) is 8.18. The van der Waals surface area contributed by atoms with Crippen molar-refractivity contribution in [3.05, 3.63) is 70.1 Å². The van der Waals surface area contributed by atoms with Crippen LogP contribution in [-0.2, 0) is 20.3 Å². The Bertz CT molecular complexity index is 1650. The number of aromatic hydroxyl groups is 1. The lowest BCUT2D eigenvalue weighted by atomic mass is 9.79. The highest BCUT2D eigenvalue weighted by Gasteiger charge is 2.31. The third kappa shape index (κ3) is 7.86. The van der Waals surface area contributed by atoms with E-state index in [4.69, 9.17) is 9.52 Å². The maximum atomic E-state index is 13.0. The molecule has 3 aromatic rings. The Morgan fingerprint density at radius 2 is 1.81 bits per heavy atom. The molecule has 0 fully saturated rings. The van der Waals surface area contributed by atoms with Crippen LogP contribution in [0, 0.1) is 0 Å². The zero-order chi connectivity index (χ0) is 31.1. The second kappa shape index (κ2) is 13.8. The third-order valence-electron chi connectivity index (χ3n) is 7.34. The highest BCUT2D eigenvalue weighted by atomic mass is 32.2. The normalized spacial score (nSPS) is 12.7. The number of benzene rings is 2. The van der Waals surface area contributed by atoms with E-state index in [1.807, 2.05) is 33.8 Å². The van der Waals surface area contributed by atoms with Gasteiger partial charge in [-0.3, -0.25) is 4.79 Å². The number of nitrogens with one attached hydrogen (secondary N) is 1. The van der Waals surface area contributed by atoms with Gasteiger partial charge < -0.3 is 24.1 Å². The summed E-state index contributed by atoms with van der Waals surface area (Å²) in [4.78, 5) is 28.8. The number of hydrogen-bond acceptors (Lipinski definition) is 8. The monoisotopic (exact) mass is 598 g/mol. The minimum atomic E-state index is -4.68. The van der Waals surface area contributed by atoms with Crippen LogP contribution in [0.1, 0.15) is 64.5 Å². The minimum absolute atomic E-state index is 0.0504. The first-order chi connectivity index (χ1) is 19.8. The van der Waals surface area contributed by atoms with Gasteiger partial charge in [-0.1, -0.05) is 12.1 Å². The first-order valence-corrected chi connectivity index (χ1v) is 15.3. The van der Waals surface area contributed by atoms with E-state index in [9.17, 15) is 27.7 Å². The number of carboxylic acid groups (broad SMARTS) is 1. The topological polar surface area (TPSA) is 162 Å². The van der Waals surface area contributed by atoms with Crippen LogP contribution in [0.2, 0.25) is 0 Å². The first-order valence-electron chi connectivity index (χ1n) is 13.9. The molecule has 0 unspecified atom stereocenters. The predicted molar refractivity (Wildman–Crippen MR) is 161 cm³/mol. The number of anilines is 1. The maximum absolute atomic E-state index is 13.0. The number of fused-ring (bicyclic) bond motifs is 1. The Morgan fingerprint density at radius 3 is 2.45 bits per heavy atom. The molecule has 42 heavy (non-hydrogen) atoms. The molecule has 1 heterocycles. The minimum Gasteiger partial charge on any atom is -0.744 e. The van der Waals surface area contributed by atoms with Crippen LogP contribution in [0.3, 0.4) is 0 Å². The van der Waals surface area contributed by atoms with Gasteiger partial charge in [-0.05, 0) is 76.4 Å². The lowest BCUT2D eigenvalue weighted by molar-refractivity contribution is -0.459. The number of allylic oxidation sites excluding steroid dienone is 1. The number of nitrogens with zero attached hydrogens (tertiary/aromatic N) is 1. The zero-order valence-corrected chi connectivity index (χ0v) is 25.2. The lowest BCUT2D eigenvalue weighted by Gasteiger charge is -2.23. The second-order valence-electron chi connectivity index (χ2n) is 10.5. The Labute approximate surface area is 245 Å². The molecule has 2 aromatic carbocycles. The molecule has 0 saturated heterocycles. The molecule has 0 amide bonds. The van der Waals surface area contributed by atoms with Crippen LogP contribution in [-0.4, -0.2) is 54.5 Å². The van der Waals surface area contributed by atoms with Gasteiger partial charge in [0.05, 0.1) is 15.7 Å². The van der Waals surface area contributed by atoms with Crippen molar-refractivity contribution in [3.63, 3.8) is 0 Å².